The predicted octanol–water partition coefficient (Wildman–Crippen LogP) is 2.14. The molecule has 1 saturated heterocycles. The third-order valence-electron chi connectivity index (χ3n) is 3.64. The number of hydrogen-bond donors (Lipinski definition) is 1. The molecule has 1 N–H and O–H groups in total. The van der Waals surface area contributed by atoms with Crippen molar-refractivity contribution in [2.75, 3.05) is 24.5 Å². The Bertz CT molecular complexity index is 454. The molecular weight excluding hydrogens is 264 g/mol. The molecular formula is C16H28N4O. The van der Waals surface area contributed by atoms with Gasteiger partial charge in [0.1, 0.15) is 0 Å². The number of morpholine rings is 1. The standard InChI is InChI=1S/C16H28N4O/c1-11(2)6-17-7-15-8-18-16(19-14(15)5)20-9-12(3)21-13(4)10-20/h8,11-13,17H,6-7,9-10H2,1-5H3. The van der Waals surface area contributed by atoms with E-state index in [-0.39, 0.29) is 12.2 Å². The summed E-state index contributed by atoms with van der Waals surface area (Å²) in [5.74, 6) is 1.48. The molecule has 2 unspecified atom stereocenters. The maximum atomic E-state index is 5.76. The Kier molecular flexibility index (Phi) is 5.53. The van der Waals surface area contributed by atoms with Gasteiger partial charge < -0.3 is 15.0 Å². The van der Waals surface area contributed by atoms with E-state index in [2.05, 4.69) is 54.8 Å². The number of hydrogen-bond acceptors (Lipinski definition) is 5. The molecule has 0 aliphatic carbocycles. The van der Waals surface area contributed by atoms with E-state index in [1.165, 1.54) is 5.56 Å². The van der Waals surface area contributed by atoms with E-state index in [1.807, 2.05) is 6.20 Å². The van der Waals surface area contributed by atoms with E-state index >= 15 is 0 Å². The van der Waals surface area contributed by atoms with Crippen molar-refractivity contribution in [2.24, 2.45) is 5.92 Å². The average molecular weight is 292 g/mol. The van der Waals surface area contributed by atoms with Crippen molar-refractivity contribution >= 4 is 5.95 Å². The summed E-state index contributed by atoms with van der Waals surface area (Å²) in [6.07, 6.45) is 2.41. The van der Waals surface area contributed by atoms with Crippen LogP contribution in [0.5, 0.6) is 0 Å². The Labute approximate surface area is 128 Å². The smallest absolute Gasteiger partial charge is 0.225 e. The number of ether oxygens (including phenoxy) is 1. The molecule has 21 heavy (non-hydrogen) atoms. The zero-order valence-electron chi connectivity index (χ0n) is 13.9. The highest BCUT2D eigenvalue weighted by atomic mass is 16.5. The van der Waals surface area contributed by atoms with E-state index in [0.29, 0.717) is 5.92 Å². The van der Waals surface area contributed by atoms with Crippen LogP contribution in [0.4, 0.5) is 5.95 Å². The van der Waals surface area contributed by atoms with Gasteiger partial charge in [-0.25, -0.2) is 9.97 Å². The monoisotopic (exact) mass is 292 g/mol. The maximum Gasteiger partial charge on any atom is 0.225 e. The van der Waals surface area contributed by atoms with Crippen LogP contribution in [0.1, 0.15) is 39.0 Å². The van der Waals surface area contributed by atoms with Gasteiger partial charge in [0.25, 0.3) is 0 Å². The van der Waals surface area contributed by atoms with E-state index < -0.39 is 0 Å². The van der Waals surface area contributed by atoms with Crippen LogP contribution in [-0.4, -0.2) is 41.8 Å². The first-order chi connectivity index (χ1) is 9.95. The van der Waals surface area contributed by atoms with Crippen LogP contribution in [0.15, 0.2) is 6.20 Å². The maximum absolute atomic E-state index is 5.76. The predicted molar refractivity (Wildman–Crippen MR) is 85.5 cm³/mol. The molecule has 1 aliphatic rings. The number of anilines is 1. The van der Waals surface area contributed by atoms with E-state index in [1.54, 1.807) is 0 Å². The molecule has 0 spiro atoms. The lowest BCUT2D eigenvalue weighted by Gasteiger charge is -2.35. The summed E-state index contributed by atoms with van der Waals surface area (Å²) in [5.41, 5.74) is 2.23. The fourth-order valence-corrected chi connectivity index (χ4v) is 2.64. The van der Waals surface area contributed by atoms with Gasteiger partial charge in [0.15, 0.2) is 0 Å². The first-order valence-electron chi connectivity index (χ1n) is 7.89. The SMILES string of the molecule is Cc1nc(N2CC(C)OC(C)C2)ncc1CNCC(C)C. The summed E-state index contributed by atoms with van der Waals surface area (Å²) in [7, 11) is 0. The fraction of sp³-hybridized carbons (Fsp3) is 0.750. The first kappa shape index (κ1) is 16.2. The normalized spacial score (nSPS) is 22.9. The Morgan fingerprint density at radius 3 is 2.57 bits per heavy atom. The highest BCUT2D eigenvalue weighted by Gasteiger charge is 2.24. The molecule has 2 rings (SSSR count). The molecule has 2 atom stereocenters. The lowest BCUT2D eigenvalue weighted by molar-refractivity contribution is -0.00573. The number of aromatic nitrogens is 2. The van der Waals surface area contributed by atoms with Gasteiger partial charge in [-0.2, -0.15) is 0 Å². The lowest BCUT2D eigenvalue weighted by atomic mass is 10.2. The zero-order chi connectivity index (χ0) is 15.4. The van der Waals surface area contributed by atoms with Crippen molar-refractivity contribution in [3.05, 3.63) is 17.5 Å². The third kappa shape index (κ3) is 4.64. The van der Waals surface area contributed by atoms with Gasteiger partial charge in [0.2, 0.25) is 5.95 Å². The summed E-state index contributed by atoms with van der Waals surface area (Å²) < 4.78 is 5.76. The number of aryl methyl sites for hydroxylation is 1. The quantitative estimate of drug-likeness (QED) is 0.901. The number of nitrogens with zero attached hydrogens (tertiary/aromatic N) is 3. The van der Waals surface area contributed by atoms with Crippen LogP contribution in [-0.2, 0) is 11.3 Å². The van der Waals surface area contributed by atoms with Crippen LogP contribution < -0.4 is 10.2 Å². The molecule has 1 aromatic rings. The summed E-state index contributed by atoms with van der Waals surface area (Å²) in [6.45, 7) is 14.2. The molecule has 5 nitrogen and oxygen atoms in total. The fourth-order valence-electron chi connectivity index (χ4n) is 2.64. The van der Waals surface area contributed by atoms with Crippen molar-refractivity contribution < 1.29 is 4.74 Å². The van der Waals surface area contributed by atoms with Gasteiger partial charge in [-0.3, -0.25) is 0 Å². The number of nitrogens with one attached hydrogen (secondary N) is 1. The van der Waals surface area contributed by atoms with Gasteiger partial charge in [-0.15, -0.1) is 0 Å². The molecule has 0 aromatic carbocycles. The largest absolute Gasteiger partial charge is 0.372 e. The first-order valence-corrected chi connectivity index (χ1v) is 7.89. The van der Waals surface area contributed by atoms with Crippen molar-refractivity contribution in [1.82, 2.24) is 15.3 Å². The van der Waals surface area contributed by atoms with Crippen molar-refractivity contribution in [3.8, 4) is 0 Å². The summed E-state index contributed by atoms with van der Waals surface area (Å²) in [6, 6.07) is 0. The Morgan fingerprint density at radius 1 is 1.33 bits per heavy atom. The molecule has 0 amide bonds. The highest BCUT2D eigenvalue weighted by Crippen LogP contribution is 2.17. The van der Waals surface area contributed by atoms with Crippen LogP contribution >= 0.6 is 0 Å². The second kappa shape index (κ2) is 7.18. The Balaban J connectivity index is 2.01. The molecule has 0 radical (unpaired) electrons. The molecule has 1 aliphatic heterocycles. The van der Waals surface area contributed by atoms with Crippen molar-refractivity contribution in [2.45, 2.75) is 53.4 Å². The average Bonchev–Trinajstić information content (AvgIpc) is 2.39. The summed E-state index contributed by atoms with van der Waals surface area (Å²) in [4.78, 5) is 11.5. The Hall–Kier alpha value is -1.20. The summed E-state index contributed by atoms with van der Waals surface area (Å²) in [5, 5.41) is 3.44. The molecule has 0 saturated carbocycles. The van der Waals surface area contributed by atoms with Gasteiger partial charge in [-0.05, 0) is 33.2 Å². The molecule has 0 bridgehead atoms. The van der Waals surface area contributed by atoms with Gasteiger partial charge >= 0.3 is 0 Å². The molecule has 1 fully saturated rings. The second-order valence-electron chi connectivity index (χ2n) is 6.47. The van der Waals surface area contributed by atoms with Crippen LogP contribution in [0.25, 0.3) is 0 Å². The van der Waals surface area contributed by atoms with Gasteiger partial charge in [0, 0.05) is 37.1 Å². The third-order valence-corrected chi connectivity index (χ3v) is 3.64. The molecule has 1 aromatic heterocycles. The lowest BCUT2D eigenvalue weighted by Crippen LogP contribution is -2.46. The minimum Gasteiger partial charge on any atom is -0.372 e. The molecule has 2 heterocycles. The number of rotatable bonds is 5. The summed E-state index contributed by atoms with van der Waals surface area (Å²) >= 11 is 0. The van der Waals surface area contributed by atoms with Crippen LogP contribution in [0.3, 0.4) is 0 Å². The minimum atomic E-state index is 0.227. The van der Waals surface area contributed by atoms with E-state index in [4.69, 9.17) is 4.74 Å². The van der Waals surface area contributed by atoms with Gasteiger partial charge in [-0.1, -0.05) is 13.8 Å². The molecule has 5 heteroatoms. The van der Waals surface area contributed by atoms with Crippen LogP contribution in [0.2, 0.25) is 0 Å². The zero-order valence-corrected chi connectivity index (χ0v) is 13.9. The Morgan fingerprint density at radius 2 is 2.00 bits per heavy atom. The highest BCUT2D eigenvalue weighted by molar-refractivity contribution is 5.34. The van der Waals surface area contributed by atoms with Gasteiger partial charge in [0.05, 0.1) is 12.2 Å². The van der Waals surface area contributed by atoms with Crippen molar-refractivity contribution in [1.29, 1.82) is 0 Å². The van der Waals surface area contributed by atoms with Crippen LogP contribution in [0, 0.1) is 12.8 Å². The minimum absolute atomic E-state index is 0.227. The van der Waals surface area contributed by atoms with E-state index in [9.17, 15) is 0 Å². The molecule has 118 valence electrons. The second-order valence-corrected chi connectivity index (χ2v) is 6.47. The van der Waals surface area contributed by atoms with Crippen molar-refractivity contribution in [3.63, 3.8) is 0 Å². The van der Waals surface area contributed by atoms with E-state index in [0.717, 1.165) is 37.8 Å². The topological polar surface area (TPSA) is 50.3 Å².